The number of fused-ring (bicyclic) bond motifs is 10. The first-order valence-electron chi connectivity index (χ1n) is 37.6. The highest BCUT2D eigenvalue weighted by Gasteiger charge is 2.37. The number of anilines is 9. The van der Waals surface area contributed by atoms with Crippen LogP contribution in [-0.4, -0.2) is 4.57 Å². The molecule has 0 fully saturated rings. The zero-order valence-corrected chi connectivity index (χ0v) is 60.7. The second-order valence-corrected chi connectivity index (χ2v) is 28.8. The Balaban J connectivity index is 0.000000156. The van der Waals surface area contributed by atoms with Crippen molar-refractivity contribution in [3.05, 3.63) is 436 Å². The van der Waals surface area contributed by atoms with Crippen LogP contribution < -0.4 is 14.7 Å². The van der Waals surface area contributed by atoms with Crippen LogP contribution >= 0.6 is 0 Å². The van der Waals surface area contributed by atoms with Crippen LogP contribution in [0.25, 0.3) is 115 Å². The zero-order valence-electron chi connectivity index (χ0n) is 60.7. The third-order valence-electron chi connectivity index (χ3n) is 22.0. The van der Waals surface area contributed by atoms with Gasteiger partial charge in [-0.2, -0.15) is 0 Å². The second-order valence-electron chi connectivity index (χ2n) is 28.8. The highest BCUT2D eigenvalue weighted by atomic mass is 15.2. The minimum atomic E-state index is -0.236. The normalized spacial score (nSPS) is 12.0. The van der Waals surface area contributed by atoms with Gasteiger partial charge < -0.3 is 19.3 Å². The topological polar surface area (TPSA) is 14.7 Å². The molecule has 0 atom stereocenters. The van der Waals surface area contributed by atoms with Gasteiger partial charge in [0, 0.05) is 77.7 Å². The van der Waals surface area contributed by atoms with E-state index in [4.69, 9.17) is 0 Å². The Hall–Kier alpha value is -14.1. The summed E-state index contributed by atoms with van der Waals surface area (Å²) in [6.07, 6.45) is 0. The molecule has 0 saturated carbocycles. The summed E-state index contributed by atoms with van der Waals surface area (Å²) in [4.78, 5) is 7.13. The summed E-state index contributed by atoms with van der Waals surface area (Å²) in [6.45, 7) is 4.79. The van der Waals surface area contributed by atoms with E-state index in [0.29, 0.717) is 0 Å². The van der Waals surface area contributed by atoms with Crippen molar-refractivity contribution in [2.75, 3.05) is 14.7 Å². The SMILES string of the molecule is CC1(C)c2cc(-c3ccc4c5ccc6ccccc6c5n(-c5ccccc5)c4c3)ccc2-c2ccc(N(c3ccc(-c4ccccc4)cc3)c3ccccc3-c3ccccc3)cc21.c1ccc(N(c2ccc(-c3ccc(N(c4ccccc4)c4cccc5ccccc45)cc3)cc2)c2cccc3ccccc23)cc1. The molecular formula is C105H76N4. The van der Waals surface area contributed by atoms with Crippen LogP contribution in [0.15, 0.2) is 425 Å². The van der Waals surface area contributed by atoms with E-state index < -0.39 is 0 Å². The lowest BCUT2D eigenvalue weighted by Gasteiger charge is -2.30. The van der Waals surface area contributed by atoms with Gasteiger partial charge in [-0.05, 0) is 193 Å². The molecule has 0 saturated heterocycles. The summed E-state index contributed by atoms with van der Waals surface area (Å²) < 4.78 is 2.46. The van der Waals surface area contributed by atoms with E-state index in [-0.39, 0.29) is 5.41 Å². The minimum absolute atomic E-state index is 0.236. The predicted molar refractivity (Wildman–Crippen MR) is 463 cm³/mol. The summed E-state index contributed by atoms with van der Waals surface area (Å²) >= 11 is 0. The average Bonchev–Trinajstić information content (AvgIpc) is 1.58. The standard InChI is InChI=1S/C61H44N2.C44H32N2/c1-61(2)56-38-45(46-30-35-54-55-36-28-44-20-12-13-24-51(44)60(55)63(59(54)39-46)47-21-10-5-11-22-47)29-34-52(56)53-37-33-49(40-57(53)61)62(48-31-26-42(27-32-48)41-16-6-3-7-17-41)58-25-15-14-23-50(58)43-18-8-4-9-19-43;1-3-17-37(18-4-1)45(43-23-11-15-35-13-7-9-21-41(35)43)39-29-25-33(26-30-39)34-27-31-40(32-28-34)46(38-19-5-2-6-20-38)44-24-12-16-36-14-8-10-22-42(36)44/h3-40H,1-2H3;1-32H. The van der Waals surface area contributed by atoms with Crippen LogP contribution in [0.2, 0.25) is 0 Å². The van der Waals surface area contributed by atoms with Crippen molar-refractivity contribution in [1.29, 1.82) is 0 Å². The molecule has 19 aromatic rings. The molecule has 0 bridgehead atoms. The fourth-order valence-corrected chi connectivity index (χ4v) is 16.7. The van der Waals surface area contributed by atoms with Gasteiger partial charge in [0.15, 0.2) is 0 Å². The first kappa shape index (κ1) is 65.7. The number of aromatic nitrogens is 1. The van der Waals surface area contributed by atoms with Gasteiger partial charge in [-0.25, -0.2) is 0 Å². The molecule has 4 nitrogen and oxygen atoms in total. The summed E-state index contributed by atoms with van der Waals surface area (Å²) in [5.41, 5.74) is 28.5. The smallest absolute Gasteiger partial charge is 0.0619 e. The number of rotatable bonds is 14. The van der Waals surface area contributed by atoms with Crippen molar-refractivity contribution in [3.8, 4) is 61.3 Å². The molecule has 516 valence electrons. The van der Waals surface area contributed by atoms with Crippen molar-refractivity contribution < 1.29 is 0 Å². The molecule has 1 aliphatic rings. The Labute approximate surface area is 636 Å². The summed E-state index contributed by atoms with van der Waals surface area (Å²) in [5.74, 6) is 0. The average molecular weight is 1390 g/mol. The molecule has 1 heterocycles. The predicted octanol–water partition coefficient (Wildman–Crippen LogP) is 29.3. The van der Waals surface area contributed by atoms with Gasteiger partial charge in [-0.1, -0.05) is 323 Å². The highest BCUT2D eigenvalue weighted by molar-refractivity contribution is 6.19. The molecule has 0 amide bonds. The Morgan fingerprint density at radius 3 is 1.12 bits per heavy atom. The molecule has 1 aromatic heterocycles. The molecule has 0 unspecified atom stereocenters. The minimum Gasteiger partial charge on any atom is -0.310 e. The monoisotopic (exact) mass is 1390 g/mol. The van der Waals surface area contributed by atoms with Gasteiger partial charge in [0.1, 0.15) is 0 Å². The van der Waals surface area contributed by atoms with Gasteiger partial charge in [0.05, 0.1) is 28.1 Å². The third kappa shape index (κ3) is 12.1. The molecule has 20 rings (SSSR count). The summed E-state index contributed by atoms with van der Waals surface area (Å²) in [6, 6.07) is 154. The first-order chi connectivity index (χ1) is 53.8. The third-order valence-corrected chi connectivity index (χ3v) is 22.0. The molecule has 0 N–H and O–H groups in total. The van der Waals surface area contributed by atoms with Gasteiger partial charge in [0.2, 0.25) is 0 Å². The Morgan fingerprint density at radius 2 is 0.569 bits per heavy atom. The van der Waals surface area contributed by atoms with Crippen LogP contribution in [-0.2, 0) is 5.41 Å². The van der Waals surface area contributed by atoms with Crippen molar-refractivity contribution in [1.82, 2.24) is 4.57 Å². The number of hydrogen-bond acceptors (Lipinski definition) is 3. The van der Waals surface area contributed by atoms with E-state index >= 15 is 0 Å². The summed E-state index contributed by atoms with van der Waals surface area (Å²) in [5, 5.41) is 9.95. The lowest BCUT2D eigenvalue weighted by atomic mass is 9.81. The molecule has 0 spiro atoms. The van der Waals surface area contributed by atoms with E-state index in [1.165, 1.54) is 127 Å². The molecule has 0 radical (unpaired) electrons. The Kier molecular flexibility index (Phi) is 16.9. The molecule has 1 aliphatic carbocycles. The fourth-order valence-electron chi connectivity index (χ4n) is 16.7. The number of para-hydroxylation sites is 4. The fraction of sp³-hybridized carbons (Fsp3) is 0.0286. The van der Waals surface area contributed by atoms with Gasteiger partial charge in [-0.3, -0.25) is 0 Å². The van der Waals surface area contributed by atoms with Gasteiger partial charge in [-0.15, -0.1) is 0 Å². The van der Waals surface area contributed by atoms with Crippen molar-refractivity contribution in [2.24, 2.45) is 0 Å². The summed E-state index contributed by atoms with van der Waals surface area (Å²) in [7, 11) is 0. The first-order valence-corrected chi connectivity index (χ1v) is 37.6. The molecule has 109 heavy (non-hydrogen) atoms. The number of nitrogens with zero attached hydrogens (tertiary/aromatic N) is 4. The van der Waals surface area contributed by atoms with E-state index in [1.807, 2.05) is 0 Å². The molecular weight excluding hydrogens is 1320 g/mol. The maximum absolute atomic E-state index is 2.46. The van der Waals surface area contributed by atoms with Crippen LogP contribution in [0.5, 0.6) is 0 Å². The van der Waals surface area contributed by atoms with Crippen LogP contribution in [0.3, 0.4) is 0 Å². The van der Waals surface area contributed by atoms with E-state index in [9.17, 15) is 0 Å². The van der Waals surface area contributed by atoms with Crippen molar-refractivity contribution in [3.63, 3.8) is 0 Å². The van der Waals surface area contributed by atoms with E-state index in [1.54, 1.807) is 0 Å². The van der Waals surface area contributed by atoms with Crippen LogP contribution in [0, 0.1) is 0 Å². The second kappa shape index (κ2) is 28.1. The lowest BCUT2D eigenvalue weighted by Crippen LogP contribution is -2.17. The van der Waals surface area contributed by atoms with Gasteiger partial charge in [0.25, 0.3) is 0 Å². The van der Waals surface area contributed by atoms with Crippen LogP contribution in [0.4, 0.5) is 51.2 Å². The van der Waals surface area contributed by atoms with Crippen LogP contribution in [0.1, 0.15) is 25.0 Å². The zero-order chi connectivity index (χ0) is 72.8. The van der Waals surface area contributed by atoms with E-state index in [0.717, 1.165) is 51.2 Å². The maximum Gasteiger partial charge on any atom is 0.0619 e. The Morgan fingerprint density at radius 1 is 0.211 bits per heavy atom. The number of benzene rings is 18. The van der Waals surface area contributed by atoms with Crippen molar-refractivity contribution in [2.45, 2.75) is 19.3 Å². The lowest BCUT2D eigenvalue weighted by molar-refractivity contribution is 0.660. The largest absolute Gasteiger partial charge is 0.310 e. The molecule has 0 aliphatic heterocycles. The van der Waals surface area contributed by atoms with E-state index in [2.05, 4.69) is 458 Å². The molecule has 4 heteroatoms. The van der Waals surface area contributed by atoms with Gasteiger partial charge >= 0.3 is 0 Å². The Bertz CT molecular complexity index is 6360. The number of hydrogen-bond donors (Lipinski definition) is 0. The maximum atomic E-state index is 2.46. The highest BCUT2D eigenvalue weighted by Crippen LogP contribution is 2.53. The molecule has 18 aromatic carbocycles. The quantitative estimate of drug-likeness (QED) is 0.108. The van der Waals surface area contributed by atoms with Crippen molar-refractivity contribution >= 4 is 105 Å².